The first-order valence-electron chi connectivity index (χ1n) is 9.23. The van der Waals surface area contributed by atoms with Gasteiger partial charge in [0.2, 0.25) is 5.91 Å². The normalized spacial score (nSPS) is 10.6. The van der Waals surface area contributed by atoms with E-state index < -0.39 is 11.8 Å². The fourth-order valence-corrected chi connectivity index (χ4v) is 3.47. The van der Waals surface area contributed by atoms with E-state index in [-0.39, 0.29) is 23.9 Å². The number of carbonyl (C=O) groups excluding carboxylic acids is 2. The number of aromatic nitrogens is 1. The summed E-state index contributed by atoms with van der Waals surface area (Å²) in [7, 11) is 0. The number of aryl methyl sites for hydroxylation is 2. The predicted octanol–water partition coefficient (Wildman–Crippen LogP) is 4.16. The van der Waals surface area contributed by atoms with Gasteiger partial charge in [-0.2, -0.15) is 0 Å². The number of benzene rings is 2. The fourth-order valence-electron chi connectivity index (χ4n) is 2.63. The zero-order chi connectivity index (χ0) is 20.6. The molecular formula is C22H21FN2O3S. The summed E-state index contributed by atoms with van der Waals surface area (Å²) >= 11 is 1.07. The van der Waals surface area contributed by atoms with Crippen molar-refractivity contribution in [2.45, 2.75) is 19.8 Å². The molecule has 3 aromatic rings. The van der Waals surface area contributed by atoms with Gasteiger partial charge < -0.3 is 10.1 Å². The van der Waals surface area contributed by atoms with E-state index in [1.165, 1.54) is 17.8 Å². The monoisotopic (exact) mass is 412 g/mol. The number of halogens is 1. The summed E-state index contributed by atoms with van der Waals surface area (Å²) in [5.74, 6) is -1.03. The van der Waals surface area contributed by atoms with Crippen molar-refractivity contribution in [3.63, 3.8) is 0 Å². The maximum atomic E-state index is 13.8. The van der Waals surface area contributed by atoms with Crippen LogP contribution >= 0.6 is 11.3 Å². The molecular weight excluding hydrogens is 391 g/mol. The van der Waals surface area contributed by atoms with E-state index in [9.17, 15) is 14.0 Å². The zero-order valence-electron chi connectivity index (χ0n) is 16.0. The minimum absolute atomic E-state index is 0.0576. The highest BCUT2D eigenvalue weighted by molar-refractivity contribution is 7.16. The van der Waals surface area contributed by atoms with E-state index in [0.29, 0.717) is 23.4 Å². The van der Waals surface area contributed by atoms with Gasteiger partial charge in [-0.3, -0.25) is 4.79 Å². The number of amides is 1. The first-order valence-corrected chi connectivity index (χ1v) is 10.0. The molecule has 0 atom stereocenters. The number of carbonyl (C=O) groups is 2. The van der Waals surface area contributed by atoms with Crippen molar-refractivity contribution >= 4 is 23.2 Å². The van der Waals surface area contributed by atoms with Crippen LogP contribution < -0.4 is 5.32 Å². The summed E-state index contributed by atoms with van der Waals surface area (Å²) in [5.41, 5.74) is 2.63. The minimum atomic E-state index is -0.543. The molecule has 3 rings (SSSR count). The molecule has 0 spiro atoms. The topological polar surface area (TPSA) is 68.3 Å². The molecule has 1 heterocycles. The van der Waals surface area contributed by atoms with Crippen molar-refractivity contribution in [1.82, 2.24) is 10.3 Å². The third-order valence-electron chi connectivity index (χ3n) is 4.23. The van der Waals surface area contributed by atoms with E-state index >= 15 is 0 Å². The maximum Gasteiger partial charge on any atom is 0.350 e. The molecule has 0 aliphatic carbocycles. The Morgan fingerprint density at radius 3 is 2.66 bits per heavy atom. The average Bonchev–Trinajstić information content (AvgIpc) is 3.21. The standard InChI is InChI=1S/C22H21FN2O3S/c1-15-6-8-16(9-7-15)10-11-20(26)24-12-13-28-22(27)19-14-25-21(29-19)17-4-2-3-5-18(17)23/h2-9,14H,10-13H2,1H3,(H,24,26). The second-order valence-electron chi connectivity index (χ2n) is 6.48. The highest BCUT2D eigenvalue weighted by Crippen LogP contribution is 2.27. The summed E-state index contributed by atoms with van der Waals surface area (Å²) < 4.78 is 19.0. The molecule has 29 heavy (non-hydrogen) atoms. The lowest BCUT2D eigenvalue weighted by Gasteiger charge is -2.06. The van der Waals surface area contributed by atoms with Gasteiger partial charge in [0.15, 0.2) is 0 Å². The lowest BCUT2D eigenvalue weighted by Crippen LogP contribution is -2.28. The second kappa shape index (κ2) is 9.93. The molecule has 0 saturated carbocycles. The number of hydrogen-bond acceptors (Lipinski definition) is 5. The Bertz CT molecular complexity index is 986. The molecule has 2 aromatic carbocycles. The average molecular weight is 412 g/mol. The number of nitrogens with zero attached hydrogens (tertiary/aromatic N) is 1. The molecule has 0 aliphatic heterocycles. The Labute approximate surface area is 172 Å². The van der Waals surface area contributed by atoms with Crippen molar-refractivity contribution in [3.05, 3.63) is 76.5 Å². The van der Waals surface area contributed by atoms with Gasteiger partial charge in [-0.25, -0.2) is 14.2 Å². The molecule has 5 nitrogen and oxygen atoms in total. The highest BCUT2D eigenvalue weighted by atomic mass is 32.1. The largest absolute Gasteiger partial charge is 0.460 e. The van der Waals surface area contributed by atoms with E-state index in [1.807, 2.05) is 31.2 Å². The molecule has 1 N–H and O–H groups in total. The summed E-state index contributed by atoms with van der Waals surface area (Å²) in [6.07, 6.45) is 2.40. The molecule has 0 radical (unpaired) electrons. The highest BCUT2D eigenvalue weighted by Gasteiger charge is 2.15. The fraction of sp³-hybridized carbons (Fsp3) is 0.227. The Morgan fingerprint density at radius 2 is 1.90 bits per heavy atom. The molecule has 1 aromatic heterocycles. The summed E-state index contributed by atoms with van der Waals surface area (Å²) in [5, 5.41) is 3.15. The summed E-state index contributed by atoms with van der Waals surface area (Å²) in [4.78, 5) is 28.4. The van der Waals surface area contributed by atoms with Crippen LogP contribution in [0.1, 0.15) is 27.2 Å². The Balaban J connectivity index is 1.39. The van der Waals surface area contributed by atoms with Crippen molar-refractivity contribution < 1.29 is 18.7 Å². The number of esters is 1. The van der Waals surface area contributed by atoms with Crippen LogP contribution in [0.5, 0.6) is 0 Å². The van der Waals surface area contributed by atoms with Gasteiger partial charge in [-0.15, -0.1) is 11.3 Å². The molecule has 0 unspecified atom stereocenters. The number of nitrogens with one attached hydrogen (secondary N) is 1. The first-order chi connectivity index (χ1) is 14.0. The molecule has 0 fully saturated rings. The van der Waals surface area contributed by atoms with Gasteiger partial charge in [0.1, 0.15) is 22.3 Å². The maximum absolute atomic E-state index is 13.8. The van der Waals surface area contributed by atoms with Crippen molar-refractivity contribution in [2.75, 3.05) is 13.2 Å². The van der Waals surface area contributed by atoms with Crippen molar-refractivity contribution in [3.8, 4) is 10.6 Å². The predicted molar refractivity (Wildman–Crippen MR) is 110 cm³/mol. The minimum Gasteiger partial charge on any atom is -0.460 e. The van der Waals surface area contributed by atoms with Crippen LogP contribution in [0.3, 0.4) is 0 Å². The van der Waals surface area contributed by atoms with Crippen LogP contribution in [0, 0.1) is 12.7 Å². The van der Waals surface area contributed by atoms with Crippen LogP contribution in [0.4, 0.5) is 4.39 Å². The quantitative estimate of drug-likeness (QED) is 0.446. The molecule has 0 bridgehead atoms. The van der Waals surface area contributed by atoms with Crippen LogP contribution in [0.25, 0.3) is 10.6 Å². The lowest BCUT2D eigenvalue weighted by molar-refractivity contribution is -0.121. The van der Waals surface area contributed by atoms with Crippen molar-refractivity contribution in [1.29, 1.82) is 0 Å². The second-order valence-corrected chi connectivity index (χ2v) is 7.51. The number of ether oxygens (including phenoxy) is 1. The molecule has 150 valence electrons. The summed E-state index contributed by atoms with van der Waals surface area (Å²) in [6, 6.07) is 14.3. The van der Waals surface area contributed by atoms with Crippen LogP contribution in [-0.2, 0) is 16.0 Å². The van der Waals surface area contributed by atoms with Gasteiger partial charge in [0.05, 0.1) is 12.7 Å². The smallest absolute Gasteiger partial charge is 0.350 e. The van der Waals surface area contributed by atoms with Crippen molar-refractivity contribution in [2.24, 2.45) is 0 Å². The lowest BCUT2D eigenvalue weighted by atomic mass is 10.1. The summed E-state index contributed by atoms with van der Waals surface area (Å²) in [6.45, 7) is 2.31. The van der Waals surface area contributed by atoms with Gasteiger partial charge >= 0.3 is 5.97 Å². The Morgan fingerprint density at radius 1 is 1.14 bits per heavy atom. The van der Waals surface area contributed by atoms with Gasteiger partial charge in [0.25, 0.3) is 0 Å². The van der Waals surface area contributed by atoms with E-state index in [4.69, 9.17) is 4.74 Å². The number of hydrogen-bond donors (Lipinski definition) is 1. The molecule has 7 heteroatoms. The Hall–Kier alpha value is -3.06. The zero-order valence-corrected chi connectivity index (χ0v) is 16.8. The Kier molecular flexibility index (Phi) is 7.08. The third kappa shape index (κ3) is 5.96. The first kappa shape index (κ1) is 20.7. The van der Waals surface area contributed by atoms with Gasteiger partial charge in [-0.05, 0) is 31.0 Å². The van der Waals surface area contributed by atoms with Gasteiger partial charge in [0, 0.05) is 12.0 Å². The van der Waals surface area contributed by atoms with Crippen LogP contribution in [0.2, 0.25) is 0 Å². The van der Waals surface area contributed by atoms with Crippen LogP contribution in [0.15, 0.2) is 54.7 Å². The molecule has 0 saturated heterocycles. The number of rotatable bonds is 8. The molecule has 0 aliphatic rings. The SMILES string of the molecule is Cc1ccc(CCC(=O)NCCOC(=O)c2cnc(-c3ccccc3F)s2)cc1. The van der Waals surface area contributed by atoms with E-state index in [1.54, 1.807) is 18.2 Å². The molecule has 1 amide bonds. The van der Waals surface area contributed by atoms with E-state index in [2.05, 4.69) is 10.3 Å². The van der Waals surface area contributed by atoms with Crippen LogP contribution in [-0.4, -0.2) is 30.0 Å². The number of thiazole rings is 1. The third-order valence-corrected chi connectivity index (χ3v) is 5.24. The van der Waals surface area contributed by atoms with E-state index in [0.717, 1.165) is 16.9 Å². The van der Waals surface area contributed by atoms with Gasteiger partial charge in [-0.1, -0.05) is 42.0 Å².